The Labute approximate surface area is 249 Å². The summed E-state index contributed by atoms with van der Waals surface area (Å²) in [6.45, 7) is 7.35. The van der Waals surface area contributed by atoms with Crippen molar-refractivity contribution < 1.29 is 32.9 Å². The number of methoxy groups -OCH3 is 1. The summed E-state index contributed by atoms with van der Waals surface area (Å²) < 4.78 is 16.4. The number of carbonyl (C=O) groups is 4. The van der Waals surface area contributed by atoms with Crippen LogP contribution in [0.3, 0.4) is 0 Å². The van der Waals surface area contributed by atoms with Crippen molar-refractivity contribution in [3.8, 4) is 0 Å². The van der Waals surface area contributed by atoms with Gasteiger partial charge in [-0.3, -0.25) is 19.2 Å². The summed E-state index contributed by atoms with van der Waals surface area (Å²) in [6, 6.07) is 9.11. The van der Waals surface area contributed by atoms with Crippen LogP contribution in [0.2, 0.25) is 0 Å². The number of nitrogens with one attached hydrogen (secondary N) is 3. The number of hydrogen-bond donors (Lipinski definition) is 3. The van der Waals surface area contributed by atoms with E-state index in [1.54, 1.807) is 13.8 Å². The molecular formula is C30H38N6O7. The van der Waals surface area contributed by atoms with Crippen molar-refractivity contribution in [2.45, 2.75) is 64.8 Å². The van der Waals surface area contributed by atoms with Gasteiger partial charge in [0, 0.05) is 32.7 Å². The summed E-state index contributed by atoms with van der Waals surface area (Å²) in [7, 11) is 1.43. The minimum Gasteiger partial charge on any atom is -0.446 e. The van der Waals surface area contributed by atoms with E-state index in [1.165, 1.54) is 24.3 Å². The van der Waals surface area contributed by atoms with Crippen LogP contribution >= 0.6 is 0 Å². The van der Waals surface area contributed by atoms with E-state index in [4.69, 9.17) is 13.7 Å². The summed E-state index contributed by atoms with van der Waals surface area (Å²) in [5.41, 5.74) is -0.356. The van der Waals surface area contributed by atoms with Crippen molar-refractivity contribution in [1.29, 1.82) is 0 Å². The first kappa shape index (κ1) is 31.4. The first-order chi connectivity index (χ1) is 20.5. The Morgan fingerprint density at radius 2 is 1.79 bits per heavy atom. The minimum atomic E-state index is -1.16. The lowest BCUT2D eigenvalue weighted by Gasteiger charge is -2.30. The zero-order valence-corrected chi connectivity index (χ0v) is 25.0. The van der Waals surface area contributed by atoms with Crippen LogP contribution in [0.15, 0.2) is 51.6 Å². The maximum absolute atomic E-state index is 13.4. The summed E-state index contributed by atoms with van der Waals surface area (Å²) in [5.74, 6) is -1.38. The monoisotopic (exact) mass is 594 g/mol. The maximum atomic E-state index is 13.4. The molecule has 230 valence electrons. The molecule has 0 saturated carbocycles. The zero-order valence-electron chi connectivity index (χ0n) is 25.0. The van der Waals surface area contributed by atoms with Crippen LogP contribution in [0.1, 0.15) is 78.3 Å². The van der Waals surface area contributed by atoms with Gasteiger partial charge in [0.15, 0.2) is 17.1 Å². The molecule has 1 aliphatic heterocycles. The molecular weight excluding hydrogens is 556 g/mol. The molecule has 43 heavy (non-hydrogen) atoms. The molecule has 1 aromatic carbocycles. The molecule has 0 spiro atoms. The lowest BCUT2D eigenvalue weighted by atomic mass is 10.0. The molecule has 0 aliphatic carbocycles. The van der Waals surface area contributed by atoms with Crippen molar-refractivity contribution >= 4 is 23.6 Å². The predicted octanol–water partition coefficient (Wildman–Crippen LogP) is 2.40. The molecule has 3 aromatic rings. The number of carbonyl (C=O) groups excluding carboxylic acids is 4. The fourth-order valence-electron chi connectivity index (χ4n) is 4.61. The van der Waals surface area contributed by atoms with Gasteiger partial charge < -0.3 is 34.5 Å². The quantitative estimate of drug-likeness (QED) is 0.388. The van der Waals surface area contributed by atoms with E-state index < -0.39 is 35.4 Å². The highest BCUT2D eigenvalue weighted by Crippen LogP contribution is 2.22. The highest BCUT2D eigenvalue weighted by Gasteiger charge is 2.33. The summed E-state index contributed by atoms with van der Waals surface area (Å²) in [5, 5.41) is 12.3. The van der Waals surface area contributed by atoms with Gasteiger partial charge in [-0.25, -0.2) is 4.98 Å². The minimum absolute atomic E-state index is 0.00449. The van der Waals surface area contributed by atoms with Gasteiger partial charge in [-0.05, 0) is 31.7 Å². The Hall–Kier alpha value is -4.52. The lowest BCUT2D eigenvalue weighted by Crippen LogP contribution is -2.51. The van der Waals surface area contributed by atoms with Crippen LogP contribution < -0.4 is 16.0 Å². The van der Waals surface area contributed by atoms with Crippen molar-refractivity contribution in [1.82, 2.24) is 31.0 Å². The molecule has 2 aromatic heterocycles. The Balaban J connectivity index is 1.68. The molecule has 0 radical (unpaired) electrons. The Bertz CT molecular complexity index is 1430. The van der Waals surface area contributed by atoms with Gasteiger partial charge in [0.05, 0.1) is 6.54 Å². The molecule has 0 fully saturated rings. The average molecular weight is 595 g/mol. The third kappa shape index (κ3) is 8.07. The van der Waals surface area contributed by atoms with Crippen LogP contribution in [-0.4, -0.2) is 70.5 Å². The van der Waals surface area contributed by atoms with E-state index in [0.717, 1.165) is 5.56 Å². The highest BCUT2D eigenvalue weighted by atomic mass is 16.5. The van der Waals surface area contributed by atoms with E-state index in [0.29, 0.717) is 6.42 Å². The number of fused-ring (bicyclic) bond motifs is 4. The number of aromatic nitrogens is 2. The maximum Gasteiger partial charge on any atom is 0.274 e. The van der Waals surface area contributed by atoms with Crippen molar-refractivity contribution in [2.24, 2.45) is 5.92 Å². The number of rotatable bonds is 6. The Morgan fingerprint density at radius 1 is 1.09 bits per heavy atom. The zero-order chi connectivity index (χ0) is 31.1. The van der Waals surface area contributed by atoms with Gasteiger partial charge in [0.2, 0.25) is 11.8 Å². The smallest absolute Gasteiger partial charge is 0.274 e. The molecule has 2 atom stereocenters. The molecule has 4 amide bonds. The number of amides is 4. The van der Waals surface area contributed by atoms with Crippen LogP contribution in [0.4, 0.5) is 0 Å². The van der Waals surface area contributed by atoms with Crippen molar-refractivity contribution in [3.05, 3.63) is 71.3 Å². The predicted molar refractivity (Wildman–Crippen MR) is 154 cm³/mol. The Kier molecular flexibility index (Phi) is 9.96. The first-order valence-electron chi connectivity index (χ1n) is 14.2. The number of ether oxygens (including phenoxy) is 1. The molecule has 3 N–H and O–H groups in total. The lowest BCUT2D eigenvalue weighted by molar-refractivity contribution is -0.152. The number of nitrogens with zero attached hydrogens (tertiary/aromatic N) is 3. The van der Waals surface area contributed by atoms with Crippen molar-refractivity contribution in [2.75, 3.05) is 20.2 Å². The molecule has 3 heterocycles. The fourth-order valence-corrected chi connectivity index (χ4v) is 4.61. The second kappa shape index (κ2) is 13.6. The molecule has 4 bridgehead atoms. The molecule has 1 aliphatic rings. The fraction of sp³-hybridized carbons (Fsp3) is 0.467. The Morgan fingerprint density at radius 3 is 2.49 bits per heavy atom. The van der Waals surface area contributed by atoms with Gasteiger partial charge in [-0.2, -0.15) is 0 Å². The largest absolute Gasteiger partial charge is 0.446 e. The standard InChI is InChI=1S/C30H38N6O7/c1-18(2)13-23-28-34-24(17-42-28)27(39)32-21(14-19-9-7-6-8-10-19)25(37)31-11-12-36(29(40)30(3,4)41-5)16-20-15-22(35-43-20)26(38)33-23/h6-10,15,17-18,21,23H,11-14,16H2,1-5H3,(H,31,37)(H,32,39)(H,33,38)/t21-,23+/m0/s1. The summed E-state index contributed by atoms with van der Waals surface area (Å²) in [4.78, 5) is 58.9. The summed E-state index contributed by atoms with van der Waals surface area (Å²) in [6.07, 6.45) is 1.88. The van der Waals surface area contributed by atoms with E-state index in [-0.39, 0.29) is 60.9 Å². The average Bonchev–Trinajstić information content (AvgIpc) is 3.66. The molecule has 0 unspecified atom stereocenters. The van der Waals surface area contributed by atoms with E-state index in [9.17, 15) is 19.2 Å². The normalized spacial score (nSPS) is 18.8. The second-order valence-electron chi connectivity index (χ2n) is 11.4. The van der Waals surface area contributed by atoms with Gasteiger partial charge in [0.1, 0.15) is 23.9 Å². The van der Waals surface area contributed by atoms with E-state index >= 15 is 0 Å². The molecule has 4 rings (SSSR count). The topological polar surface area (TPSA) is 169 Å². The van der Waals surface area contributed by atoms with Gasteiger partial charge in [0.25, 0.3) is 17.7 Å². The molecule has 13 heteroatoms. The van der Waals surface area contributed by atoms with Crippen LogP contribution in [0, 0.1) is 5.92 Å². The third-order valence-corrected chi connectivity index (χ3v) is 7.10. The van der Waals surface area contributed by atoms with Gasteiger partial charge >= 0.3 is 0 Å². The number of benzene rings is 1. The first-order valence-corrected chi connectivity index (χ1v) is 14.2. The second-order valence-corrected chi connectivity index (χ2v) is 11.4. The molecule has 13 nitrogen and oxygen atoms in total. The van der Waals surface area contributed by atoms with Crippen molar-refractivity contribution in [3.63, 3.8) is 0 Å². The SMILES string of the molecule is COC(C)(C)C(=O)N1CCNC(=O)[C@H](Cc2ccccc2)NC(=O)c2coc(n2)[C@@H](CC(C)C)NC(=O)c2cc(on2)C1. The van der Waals surface area contributed by atoms with E-state index in [1.807, 2.05) is 44.2 Å². The van der Waals surface area contributed by atoms with E-state index in [2.05, 4.69) is 26.1 Å². The van der Waals surface area contributed by atoms with Crippen LogP contribution in [0.5, 0.6) is 0 Å². The summed E-state index contributed by atoms with van der Waals surface area (Å²) >= 11 is 0. The molecule has 0 saturated heterocycles. The number of hydrogen-bond acceptors (Lipinski definition) is 9. The van der Waals surface area contributed by atoms with Crippen LogP contribution in [-0.2, 0) is 27.3 Å². The van der Waals surface area contributed by atoms with Crippen LogP contribution in [0.25, 0.3) is 0 Å². The highest BCUT2D eigenvalue weighted by molar-refractivity contribution is 5.96. The van der Waals surface area contributed by atoms with Gasteiger partial charge in [-0.1, -0.05) is 49.3 Å². The third-order valence-electron chi connectivity index (χ3n) is 7.10. The van der Waals surface area contributed by atoms with Gasteiger partial charge in [-0.15, -0.1) is 0 Å². The number of oxazole rings is 1.